The monoisotopic (exact) mass is 208 g/mol. The molecule has 2 heteroatoms. The van der Waals surface area contributed by atoms with Gasteiger partial charge >= 0.3 is 0 Å². The first kappa shape index (κ1) is 11.2. The molecule has 1 saturated heterocycles. The van der Waals surface area contributed by atoms with Gasteiger partial charge in [-0.3, -0.25) is 4.90 Å². The predicted molar refractivity (Wildman–Crippen MR) is 64.7 cm³/mol. The summed E-state index contributed by atoms with van der Waals surface area (Å²) in [5.74, 6) is 0.970. The Bertz CT molecular complexity index is 223. The van der Waals surface area contributed by atoms with Crippen molar-refractivity contribution in [2.75, 3.05) is 19.6 Å². The first-order valence-corrected chi connectivity index (χ1v) is 6.42. The molecule has 2 N–H and O–H groups in total. The Morgan fingerprint density at radius 3 is 2.73 bits per heavy atom. The van der Waals surface area contributed by atoms with Crippen LogP contribution in [-0.4, -0.2) is 30.6 Å². The molecule has 2 nitrogen and oxygen atoms in total. The van der Waals surface area contributed by atoms with Crippen LogP contribution in [-0.2, 0) is 0 Å². The molecule has 1 heterocycles. The molecule has 1 saturated carbocycles. The molecule has 1 aliphatic carbocycles. The first-order chi connectivity index (χ1) is 7.31. The Labute approximate surface area is 93.5 Å². The van der Waals surface area contributed by atoms with Gasteiger partial charge in [-0.2, -0.15) is 0 Å². The van der Waals surface area contributed by atoms with Gasteiger partial charge in [0.05, 0.1) is 0 Å². The maximum Gasteiger partial charge on any atom is 0.0205 e. The fourth-order valence-electron chi connectivity index (χ4n) is 3.28. The third-order valence-corrected chi connectivity index (χ3v) is 4.07. The summed E-state index contributed by atoms with van der Waals surface area (Å²) in [6, 6.07) is 0.843. The maximum atomic E-state index is 5.63. The number of nitrogens with two attached hydrogens (primary N) is 1. The minimum atomic E-state index is 0.647. The first-order valence-electron chi connectivity index (χ1n) is 6.42. The fraction of sp³-hybridized carbons (Fsp3) is 0.846. The van der Waals surface area contributed by atoms with Gasteiger partial charge in [0.1, 0.15) is 0 Å². The zero-order chi connectivity index (χ0) is 10.7. The average Bonchev–Trinajstić information content (AvgIpc) is 2.29. The fourth-order valence-corrected chi connectivity index (χ4v) is 3.28. The summed E-state index contributed by atoms with van der Waals surface area (Å²) >= 11 is 0. The van der Waals surface area contributed by atoms with Crippen molar-refractivity contribution >= 4 is 0 Å². The van der Waals surface area contributed by atoms with Crippen molar-refractivity contribution in [1.82, 2.24) is 4.90 Å². The summed E-state index contributed by atoms with van der Waals surface area (Å²) in [7, 11) is 0. The van der Waals surface area contributed by atoms with Gasteiger partial charge in [-0.05, 0) is 43.7 Å². The van der Waals surface area contributed by atoms with Crippen LogP contribution in [0.25, 0.3) is 0 Å². The van der Waals surface area contributed by atoms with Crippen molar-refractivity contribution < 1.29 is 0 Å². The lowest BCUT2D eigenvalue weighted by Gasteiger charge is -2.44. The summed E-state index contributed by atoms with van der Waals surface area (Å²) in [4.78, 5) is 2.64. The summed E-state index contributed by atoms with van der Waals surface area (Å²) < 4.78 is 0. The number of piperidine rings is 1. The molecule has 0 bridgehead atoms. The Balaban J connectivity index is 1.94. The van der Waals surface area contributed by atoms with E-state index >= 15 is 0 Å². The van der Waals surface area contributed by atoms with Crippen LogP contribution < -0.4 is 5.73 Å². The zero-order valence-electron chi connectivity index (χ0n) is 9.75. The number of hydrogen-bond acceptors (Lipinski definition) is 2. The van der Waals surface area contributed by atoms with E-state index in [2.05, 4.69) is 11.5 Å². The van der Waals surface area contributed by atoms with E-state index in [9.17, 15) is 0 Å². The van der Waals surface area contributed by atoms with Gasteiger partial charge in [0, 0.05) is 19.1 Å². The van der Waals surface area contributed by atoms with E-state index in [1.807, 2.05) is 0 Å². The van der Waals surface area contributed by atoms with Crippen molar-refractivity contribution in [3.05, 3.63) is 12.2 Å². The quantitative estimate of drug-likeness (QED) is 0.720. The lowest BCUT2D eigenvalue weighted by atomic mass is 9.78. The average molecular weight is 208 g/mol. The summed E-state index contributed by atoms with van der Waals surface area (Å²) in [6.07, 6.45) is 8.56. The van der Waals surface area contributed by atoms with Gasteiger partial charge in [-0.25, -0.2) is 0 Å². The van der Waals surface area contributed by atoms with E-state index in [1.165, 1.54) is 50.6 Å². The molecule has 2 aliphatic rings. The van der Waals surface area contributed by atoms with E-state index in [-0.39, 0.29) is 0 Å². The van der Waals surface area contributed by atoms with Gasteiger partial charge in [-0.15, -0.1) is 0 Å². The zero-order valence-corrected chi connectivity index (χ0v) is 9.75. The highest BCUT2D eigenvalue weighted by Crippen LogP contribution is 2.35. The van der Waals surface area contributed by atoms with Gasteiger partial charge in [0.2, 0.25) is 0 Å². The van der Waals surface area contributed by atoms with Gasteiger partial charge < -0.3 is 5.73 Å². The molecule has 1 aliphatic heterocycles. The number of hydrogen-bond donors (Lipinski definition) is 1. The van der Waals surface area contributed by atoms with E-state index in [4.69, 9.17) is 5.73 Å². The van der Waals surface area contributed by atoms with Crippen molar-refractivity contribution in [2.45, 2.75) is 44.6 Å². The molecule has 15 heavy (non-hydrogen) atoms. The molecule has 86 valence electrons. The second-order valence-corrected chi connectivity index (χ2v) is 5.18. The number of likely N-dealkylation sites (tertiary alicyclic amines) is 1. The molecule has 0 aromatic heterocycles. The van der Waals surface area contributed by atoms with E-state index in [0.717, 1.165) is 18.5 Å². The van der Waals surface area contributed by atoms with Crippen LogP contribution >= 0.6 is 0 Å². The van der Waals surface area contributed by atoms with Crippen LogP contribution in [0.15, 0.2) is 12.2 Å². The molecule has 2 fully saturated rings. The van der Waals surface area contributed by atoms with Crippen LogP contribution in [0.1, 0.15) is 38.5 Å². The minimum absolute atomic E-state index is 0.647. The summed E-state index contributed by atoms with van der Waals surface area (Å²) in [5, 5.41) is 0. The highest BCUT2D eigenvalue weighted by molar-refractivity contribution is 5.01. The van der Waals surface area contributed by atoms with Crippen LogP contribution in [0.5, 0.6) is 0 Å². The molecule has 0 spiro atoms. The number of fused-ring (bicyclic) bond motifs is 1. The van der Waals surface area contributed by atoms with Crippen molar-refractivity contribution in [2.24, 2.45) is 11.7 Å². The van der Waals surface area contributed by atoms with Crippen LogP contribution in [0.3, 0.4) is 0 Å². The second-order valence-electron chi connectivity index (χ2n) is 5.18. The molecular formula is C13H24N2. The number of rotatable bonds is 3. The Hall–Kier alpha value is -0.340. The normalized spacial score (nSPS) is 32.3. The molecule has 0 aromatic rings. The molecule has 0 amide bonds. The smallest absolute Gasteiger partial charge is 0.0205 e. The lowest BCUT2D eigenvalue weighted by Crippen LogP contribution is -2.47. The van der Waals surface area contributed by atoms with Gasteiger partial charge in [0.25, 0.3) is 0 Å². The summed E-state index contributed by atoms with van der Waals surface area (Å²) in [6.45, 7) is 6.99. The second kappa shape index (κ2) is 5.13. The van der Waals surface area contributed by atoms with E-state index < -0.39 is 0 Å². The van der Waals surface area contributed by atoms with Crippen LogP contribution in [0.2, 0.25) is 0 Å². The molecule has 0 radical (unpaired) electrons. The van der Waals surface area contributed by atoms with Gasteiger partial charge in [-0.1, -0.05) is 19.4 Å². The van der Waals surface area contributed by atoms with Crippen molar-refractivity contribution in [1.29, 1.82) is 0 Å². The molecule has 0 unspecified atom stereocenters. The number of nitrogens with zero attached hydrogens (tertiary/aromatic N) is 1. The van der Waals surface area contributed by atoms with Crippen LogP contribution in [0.4, 0.5) is 0 Å². The maximum absolute atomic E-state index is 5.63. The third-order valence-electron chi connectivity index (χ3n) is 4.07. The Morgan fingerprint density at radius 1 is 1.20 bits per heavy atom. The molecule has 2 rings (SSSR count). The van der Waals surface area contributed by atoms with Crippen molar-refractivity contribution in [3.63, 3.8) is 0 Å². The van der Waals surface area contributed by atoms with Crippen LogP contribution in [0, 0.1) is 5.92 Å². The lowest BCUT2D eigenvalue weighted by molar-refractivity contribution is 0.0689. The highest BCUT2D eigenvalue weighted by Gasteiger charge is 2.32. The minimum Gasteiger partial charge on any atom is -0.327 e. The Kier molecular flexibility index (Phi) is 3.81. The third kappa shape index (κ3) is 2.61. The van der Waals surface area contributed by atoms with Gasteiger partial charge in [0.15, 0.2) is 0 Å². The predicted octanol–water partition coefficient (Wildman–Crippen LogP) is 2.16. The Morgan fingerprint density at radius 2 is 1.93 bits per heavy atom. The standard InChI is InChI=1S/C13H24N2/c1-11(9-14)10-15-8-4-6-12-5-2-3-7-13(12)15/h12-13H,1-10,14H2/t12-,13-/m1/s1. The SMILES string of the molecule is C=C(CN)CN1CCC[C@H]2CCCC[C@H]21. The molecular weight excluding hydrogens is 184 g/mol. The van der Waals surface area contributed by atoms with Crippen molar-refractivity contribution in [3.8, 4) is 0 Å². The summed E-state index contributed by atoms with van der Waals surface area (Å²) in [5.41, 5.74) is 6.83. The van der Waals surface area contributed by atoms with E-state index in [0.29, 0.717) is 6.54 Å². The topological polar surface area (TPSA) is 29.3 Å². The largest absolute Gasteiger partial charge is 0.327 e. The van der Waals surface area contributed by atoms with E-state index in [1.54, 1.807) is 0 Å². The molecule has 0 aromatic carbocycles. The highest BCUT2D eigenvalue weighted by atomic mass is 15.2. The molecule has 2 atom stereocenters.